The molecule has 1 rings (SSSR count). The SMILES string of the molecule is COC(CN)CC(=O)N1CCN(CCOC(C)C)CC1.Cl.Cl. The van der Waals surface area contributed by atoms with Gasteiger partial charge in [0, 0.05) is 46.4 Å². The lowest BCUT2D eigenvalue weighted by Crippen LogP contribution is -2.50. The number of rotatable bonds is 8. The molecule has 1 aliphatic rings. The molecule has 0 radical (unpaired) electrons. The van der Waals surface area contributed by atoms with Gasteiger partial charge in [-0.2, -0.15) is 0 Å². The Bertz CT molecular complexity index is 285. The summed E-state index contributed by atoms with van der Waals surface area (Å²) >= 11 is 0. The highest BCUT2D eigenvalue weighted by Gasteiger charge is 2.22. The van der Waals surface area contributed by atoms with E-state index in [0.717, 1.165) is 39.3 Å². The molecule has 8 heteroatoms. The second kappa shape index (κ2) is 13.3. The highest BCUT2D eigenvalue weighted by Crippen LogP contribution is 2.06. The third kappa shape index (κ3) is 9.12. The number of piperazine rings is 1. The Balaban J connectivity index is 0. The molecule has 1 saturated heterocycles. The zero-order valence-electron chi connectivity index (χ0n) is 13.8. The fourth-order valence-electron chi connectivity index (χ4n) is 2.23. The van der Waals surface area contributed by atoms with E-state index in [-0.39, 0.29) is 42.9 Å². The predicted octanol–water partition coefficient (Wildman–Crippen LogP) is 0.763. The minimum Gasteiger partial charge on any atom is -0.380 e. The first kappa shape index (κ1) is 24.1. The molecule has 1 heterocycles. The summed E-state index contributed by atoms with van der Waals surface area (Å²) in [4.78, 5) is 16.3. The molecule has 0 aromatic carbocycles. The van der Waals surface area contributed by atoms with Gasteiger partial charge in [-0.1, -0.05) is 0 Å². The van der Waals surface area contributed by atoms with Gasteiger partial charge in [-0.15, -0.1) is 24.8 Å². The third-order valence-electron chi connectivity index (χ3n) is 3.58. The first-order chi connectivity index (χ1) is 9.56. The summed E-state index contributed by atoms with van der Waals surface area (Å²) in [7, 11) is 1.59. The van der Waals surface area contributed by atoms with Crippen LogP contribution >= 0.6 is 24.8 Å². The van der Waals surface area contributed by atoms with E-state index in [0.29, 0.717) is 13.0 Å². The minimum atomic E-state index is -0.167. The molecule has 0 saturated carbocycles. The normalized spacial score (nSPS) is 16.9. The topological polar surface area (TPSA) is 68.0 Å². The second-order valence-corrected chi connectivity index (χ2v) is 5.44. The summed E-state index contributed by atoms with van der Waals surface area (Å²) < 4.78 is 10.7. The van der Waals surface area contributed by atoms with Crippen molar-refractivity contribution in [1.29, 1.82) is 0 Å². The van der Waals surface area contributed by atoms with Crippen LogP contribution in [-0.4, -0.2) is 80.9 Å². The molecule has 2 N–H and O–H groups in total. The molecule has 0 aromatic rings. The van der Waals surface area contributed by atoms with E-state index in [2.05, 4.69) is 4.90 Å². The largest absolute Gasteiger partial charge is 0.380 e. The zero-order chi connectivity index (χ0) is 15.0. The first-order valence-corrected chi connectivity index (χ1v) is 7.41. The molecule has 1 amide bonds. The number of carbonyl (C=O) groups is 1. The van der Waals surface area contributed by atoms with Crippen molar-refractivity contribution >= 4 is 30.7 Å². The number of nitrogens with zero attached hydrogens (tertiary/aromatic N) is 2. The number of nitrogens with two attached hydrogens (primary N) is 1. The zero-order valence-corrected chi connectivity index (χ0v) is 15.5. The summed E-state index contributed by atoms with van der Waals surface area (Å²) in [6, 6.07) is 0. The molecule has 134 valence electrons. The molecule has 0 aliphatic carbocycles. The number of hydrogen-bond acceptors (Lipinski definition) is 5. The van der Waals surface area contributed by atoms with Crippen LogP contribution in [0.15, 0.2) is 0 Å². The molecule has 0 spiro atoms. The number of amides is 1. The number of halogens is 2. The van der Waals surface area contributed by atoms with Gasteiger partial charge in [-0.25, -0.2) is 0 Å². The summed E-state index contributed by atoms with van der Waals surface area (Å²) in [5.74, 6) is 0.139. The van der Waals surface area contributed by atoms with Crippen molar-refractivity contribution in [3.8, 4) is 0 Å². The number of methoxy groups -OCH3 is 1. The molecule has 1 atom stereocenters. The maximum absolute atomic E-state index is 12.1. The molecule has 6 nitrogen and oxygen atoms in total. The Morgan fingerprint density at radius 3 is 2.23 bits per heavy atom. The Kier molecular flexibility index (Phi) is 14.6. The van der Waals surface area contributed by atoms with Crippen LogP contribution in [0.2, 0.25) is 0 Å². The van der Waals surface area contributed by atoms with Gasteiger partial charge >= 0.3 is 0 Å². The molecule has 22 heavy (non-hydrogen) atoms. The lowest BCUT2D eigenvalue weighted by atomic mass is 10.2. The summed E-state index contributed by atoms with van der Waals surface area (Å²) in [6.07, 6.45) is 0.490. The van der Waals surface area contributed by atoms with Gasteiger partial charge in [0.05, 0.1) is 25.2 Å². The van der Waals surface area contributed by atoms with Crippen molar-refractivity contribution < 1.29 is 14.3 Å². The van der Waals surface area contributed by atoms with Gasteiger partial charge in [0.25, 0.3) is 0 Å². The molecule has 0 bridgehead atoms. The maximum Gasteiger partial charge on any atom is 0.225 e. The van der Waals surface area contributed by atoms with Crippen LogP contribution in [0, 0.1) is 0 Å². The van der Waals surface area contributed by atoms with Crippen LogP contribution in [0.4, 0.5) is 0 Å². The number of ether oxygens (including phenoxy) is 2. The van der Waals surface area contributed by atoms with Gasteiger partial charge in [-0.05, 0) is 13.8 Å². The molecule has 1 unspecified atom stereocenters. The van der Waals surface area contributed by atoms with Crippen molar-refractivity contribution in [3.63, 3.8) is 0 Å². The second-order valence-electron chi connectivity index (χ2n) is 5.44. The lowest BCUT2D eigenvalue weighted by molar-refractivity contribution is -0.135. The fourth-order valence-corrected chi connectivity index (χ4v) is 2.23. The van der Waals surface area contributed by atoms with Crippen molar-refractivity contribution in [3.05, 3.63) is 0 Å². The maximum atomic E-state index is 12.1. The van der Waals surface area contributed by atoms with Crippen LogP contribution in [0.3, 0.4) is 0 Å². The Morgan fingerprint density at radius 2 is 1.77 bits per heavy atom. The van der Waals surface area contributed by atoms with E-state index in [1.807, 2.05) is 18.7 Å². The summed E-state index contributed by atoms with van der Waals surface area (Å²) in [6.45, 7) is 9.54. The standard InChI is InChI=1S/C14H29N3O3.2ClH/c1-12(2)20-9-8-16-4-6-17(7-5-16)14(18)10-13(11-15)19-3;;/h12-13H,4-11,15H2,1-3H3;2*1H. The van der Waals surface area contributed by atoms with E-state index in [1.165, 1.54) is 0 Å². The Hall–Kier alpha value is -0.110. The van der Waals surface area contributed by atoms with E-state index in [9.17, 15) is 4.79 Å². The van der Waals surface area contributed by atoms with Gasteiger partial charge < -0.3 is 20.1 Å². The highest BCUT2D eigenvalue weighted by atomic mass is 35.5. The van der Waals surface area contributed by atoms with Crippen LogP contribution in [0.1, 0.15) is 20.3 Å². The van der Waals surface area contributed by atoms with Gasteiger partial charge in [0.1, 0.15) is 0 Å². The van der Waals surface area contributed by atoms with E-state index >= 15 is 0 Å². The van der Waals surface area contributed by atoms with Crippen molar-refractivity contribution in [2.45, 2.75) is 32.5 Å². The van der Waals surface area contributed by atoms with Crippen LogP contribution < -0.4 is 5.73 Å². The molecule has 1 fully saturated rings. The van der Waals surface area contributed by atoms with Crippen LogP contribution in [0.25, 0.3) is 0 Å². The van der Waals surface area contributed by atoms with Crippen molar-refractivity contribution in [1.82, 2.24) is 9.80 Å². The fraction of sp³-hybridized carbons (Fsp3) is 0.929. The highest BCUT2D eigenvalue weighted by molar-refractivity contribution is 5.85. The van der Waals surface area contributed by atoms with Gasteiger partial charge in [0.15, 0.2) is 0 Å². The number of carbonyl (C=O) groups excluding carboxylic acids is 1. The van der Waals surface area contributed by atoms with Gasteiger partial charge in [0.2, 0.25) is 5.91 Å². The van der Waals surface area contributed by atoms with Crippen molar-refractivity contribution in [2.24, 2.45) is 5.73 Å². The average molecular weight is 360 g/mol. The first-order valence-electron chi connectivity index (χ1n) is 7.41. The number of hydrogen-bond donors (Lipinski definition) is 1. The smallest absolute Gasteiger partial charge is 0.225 e. The van der Waals surface area contributed by atoms with Crippen molar-refractivity contribution in [2.75, 3.05) is 53.0 Å². The third-order valence-corrected chi connectivity index (χ3v) is 3.58. The quantitative estimate of drug-likeness (QED) is 0.692. The monoisotopic (exact) mass is 359 g/mol. The Morgan fingerprint density at radius 1 is 1.18 bits per heavy atom. The average Bonchev–Trinajstić information content (AvgIpc) is 2.44. The van der Waals surface area contributed by atoms with Crippen LogP contribution in [0.5, 0.6) is 0 Å². The van der Waals surface area contributed by atoms with E-state index in [4.69, 9.17) is 15.2 Å². The summed E-state index contributed by atoms with van der Waals surface area (Å²) in [5.41, 5.74) is 5.54. The Labute approximate surface area is 146 Å². The summed E-state index contributed by atoms with van der Waals surface area (Å²) in [5, 5.41) is 0. The minimum absolute atomic E-state index is 0. The van der Waals surface area contributed by atoms with E-state index < -0.39 is 0 Å². The molecule has 0 aromatic heterocycles. The van der Waals surface area contributed by atoms with Gasteiger partial charge in [-0.3, -0.25) is 9.69 Å². The molecule has 1 aliphatic heterocycles. The van der Waals surface area contributed by atoms with E-state index in [1.54, 1.807) is 7.11 Å². The molecular formula is C14H31Cl2N3O3. The molecular weight excluding hydrogens is 329 g/mol. The lowest BCUT2D eigenvalue weighted by Gasteiger charge is -2.35. The van der Waals surface area contributed by atoms with Crippen LogP contribution in [-0.2, 0) is 14.3 Å². The predicted molar refractivity (Wildman–Crippen MR) is 93.1 cm³/mol.